The summed E-state index contributed by atoms with van der Waals surface area (Å²) in [6.07, 6.45) is 0. The van der Waals surface area contributed by atoms with Gasteiger partial charge < -0.3 is 10.0 Å². The lowest BCUT2D eigenvalue weighted by Gasteiger charge is -2.31. The van der Waals surface area contributed by atoms with E-state index in [1.165, 1.54) is 0 Å². The summed E-state index contributed by atoms with van der Waals surface area (Å²) >= 11 is 5.80. The molecule has 0 aliphatic carbocycles. The first-order valence-corrected chi connectivity index (χ1v) is 6.37. The van der Waals surface area contributed by atoms with Crippen molar-refractivity contribution in [1.82, 2.24) is 9.80 Å². The van der Waals surface area contributed by atoms with Crippen LogP contribution in [0.3, 0.4) is 0 Å². The molecule has 0 saturated carbocycles. The van der Waals surface area contributed by atoms with Crippen LogP contribution in [0.5, 0.6) is 5.75 Å². The fourth-order valence-corrected chi connectivity index (χ4v) is 2.21. The van der Waals surface area contributed by atoms with Crippen LogP contribution in [-0.4, -0.2) is 60.5 Å². The normalized spacial score (nSPS) is 17.9. The lowest BCUT2D eigenvalue weighted by atomic mass is 10.1. The summed E-state index contributed by atoms with van der Waals surface area (Å²) in [5.74, 6) is -0.196. The maximum atomic E-state index is 12.1. The molecule has 0 amide bonds. The van der Waals surface area contributed by atoms with Crippen LogP contribution in [0.4, 0.5) is 0 Å². The summed E-state index contributed by atoms with van der Waals surface area (Å²) in [5.41, 5.74) is 0.307. The van der Waals surface area contributed by atoms with Crippen molar-refractivity contribution < 1.29 is 9.90 Å². The van der Waals surface area contributed by atoms with E-state index in [1.54, 1.807) is 18.2 Å². The van der Waals surface area contributed by atoms with E-state index in [2.05, 4.69) is 16.8 Å². The summed E-state index contributed by atoms with van der Waals surface area (Å²) in [7, 11) is 2.07. The molecule has 18 heavy (non-hydrogen) atoms. The van der Waals surface area contributed by atoms with Gasteiger partial charge in [0.2, 0.25) is 0 Å². The standard InChI is InChI=1S/C13H17ClN2O2/c1-15-5-7-16(8-6-15)9-12(17)10-3-2-4-11(14)13(10)18/h2-4,18H,5-9H2,1H3. The Morgan fingerprint density at radius 1 is 1.33 bits per heavy atom. The molecule has 0 radical (unpaired) electrons. The number of phenols is 1. The number of hydrogen-bond donors (Lipinski definition) is 1. The predicted molar refractivity (Wildman–Crippen MR) is 71.4 cm³/mol. The Balaban J connectivity index is 2.01. The van der Waals surface area contributed by atoms with Gasteiger partial charge in [-0.2, -0.15) is 0 Å². The molecular formula is C13H17ClN2O2. The van der Waals surface area contributed by atoms with Gasteiger partial charge in [0.25, 0.3) is 0 Å². The zero-order valence-corrected chi connectivity index (χ0v) is 11.2. The van der Waals surface area contributed by atoms with E-state index >= 15 is 0 Å². The van der Waals surface area contributed by atoms with Crippen LogP contribution in [0, 0.1) is 0 Å². The largest absolute Gasteiger partial charge is 0.506 e. The van der Waals surface area contributed by atoms with Crippen LogP contribution >= 0.6 is 11.6 Å². The number of carbonyl (C=O) groups excluding carboxylic acids is 1. The van der Waals surface area contributed by atoms with E-state index in [9.17, 15) is 9.90 Å². The van der Waals surface area contributed by atoms with Crippen molar-refractivity contribution in [2.45, 2.75) is 0 Å². The molecule has 1 aromatic carbocycles. The summed E-state index contributed by atoms with van der Waals surface area (Å²) in [5, 5.41) is 9.98. The number of piperazine rings is 1. The van der Waals surface area contributed by atoms with Crippen molar-refractivity contribution >= 4 is 17.4 Å². The Morgan fingerprint density at radius 3 is 2.67 bits per heavy atom. The zero-order chi connectivity index (χ0) is 13.1. The summed E-state index contributed by atoms with van der Waals surface area (Å²) in [6, 6.07) is 4.86. The average Bonchev–Trinajstić information content (AvgIpc) is 2.35. The second kappa shape index (κ2) is 5.69. The Hall–Kier alpha value is -1.10. The van der Waals surface area contributed by atoms with Gasteiger partial charge in [0.1, 0.15) is 5.75 Å². The molecule has 5 heteroatoms. The third kappa shape index (κ3) is 3.02. The molecule has 0 unspecified atom stereocenters. The van der Waals surface area contributed by atoms with Crippen molar-refractivity contribution in [3.05, 3.63) is 28.8 Å². The number of carbonyl (C=O) groups is 1. The minimum absolute atomic E-state index is 0.0837. The number of ketones is 1. The summed E-state index contributed by atoms with van der Waals surface area (Å²) < 4.78 is 0. The summed E-state index contributed by atoms with van der Waals surface area (Å²) in [4.78, 5) is 16.4. The van der Waals surface area contributed by atoms with Crippen LogP contribution < -0.4 is 0 Å². The maximum absolute atomic E-state index is 12.1. The molecule has 1 aromatic rings. The zero-order valence-electron chi connectivity index (χ0n) is 10.4. The molecule has 1 fully saturated rings. The van der Waals surface area contributed by atoms with Gasteiger partial charge in [0, 0.05) is 26.2 Å². The van der Waals surface area contributed by atoms with E-state index in [0.717, 1.165) is 26.2 Å². The summed E-state index contributed by atoms with van der Waals surface area (Å²) in [6.45, 7) is 4.03. The van der Waals surface area contributed by atoms with Gasteiger partial charge in [-0.25, -0.2) is 0 Å². The van der Waals surface area contributed by atoms with Gasteiger partial charge in [-0.1, -0.05) is 17.7 Å². The fraction of sp³-hybridized carbons (Fsp3) is 0.462. The van der Waals surface area contributed by atoms with Crippen LogP contribution in [0.25, 0.3) is 0 Å². The molecule has 0 spiro atoms. The third-order valence-corrected chi connectivity index (χ3v) is 3.56. The number of likely N-dealkylation sites (N-methyl/N-ethyl adjacent to an activating group) is 1. The van der Waals surface area contributed by atoms with Crippen molar-refractivity contribution in [3.63, 3.8) is 0 Å². The molecule has 1 N–H and O–H groups in total. The topological polar surface area (TPSA) is 43.8 Å². The number of halogens is 1. The Labute approximate surface area is 112 Å². The van der Waals surface area contributed by atoms with E-state index in [1.807, 2.05) is 0 Å². The van der Waals surface area contributed by atoms with Gasteiger partial charge >= 0.3 is 0 Å². The van der Waals surface area contributed by atoms with Crippen LogP contribution in [0.15, 0.2) is 18.2 Å². The van der Waals surface area contributed by atoms with Crippen molar-refractivity contribution in [1.29, 1.82) is 0 Å². The lowest BCUT2D eigenvalue weighted by molar-refractivity contribution is 0.0874. The number of nitrogens with zero attached hydrogens (tertiary/aromatic N) is 2. The second-order valence-electron chi connectivity index (χ2n) is 4.64. The van der Waals surface area contributed by atoms with Gasteiger partial charge in [-0.15, -0.1) is 0 Å². The lowest BCUT2D eigenvalue weighted by Crippen LogP contribution is -2.46. The average molecular weight is 269 g/mol. The second-order valence-corrected chi connectivity index (χ2v) is 5.05. The van der Waals surface area contributed by atoms with Crippen molar-refractivity contribution in [2.24, 2.45) is 0 Å². The first-order chi connectivity index (χ1) is 8.58. The smallest absolute Gasteiger partial charge is 0.180 e. The van der Waals surface area contributed by atoms with Crippen LogP contribution in [-0.2, 0) is 0 Å². The fourth-order valence-electron chi connectivity index (χ4n) is 2.03. The predicted octanol–water partition coefficient (Wildman–Crippen LogP) is 1.48. The number of rotatable bonds is 3. The highest BCUT2D eigenvalue weighted by molar-refractivity contribution is 6.32. The van der Waals surface area contributed by atoms with Gasteiger partial charge in [0.15, 0.2) is 5.78 Å². The monoisotopic (exact) mass is 268 g/mol. The highest BCUT2D eigenvalue weighted by Gasteiger charge is 2.19. The molecule has 0 aromatic heterocycles. The highest BCUT2D eigenvalue weighted by atomic mass is 35.5. The van der Waals surface area contributed by atoms with Crippen molar-refractivity contribution in [2.75, 3.05) is 39.8 Å². The minimum atomic E-state index is -0.113. The molecule has 1 saturated heterocycles. The quantitative estimate of drug-likeness (QED) is 0.844. The van der Waals surface area contributed by atoms with E-state index < -0.39 is 0 Å². The number of hydrogen-bond acceptors (Lipinski definition) is 4. The van der Waals surface area contributed by atoms with Crippen LogP contribution in [0.1, 0.15) is 10.4 Å². The molecule has 98 valence electrons. The van der Waals surface area contributed by atoms with E-state index in [4.69, 9.17) is 11.6 Å². The van der Waals surface area contributed by atoms with E-state index in [0.29, 0.717) is 12.1 Å². The number of benzene rings is 1. The molecule has 1 aliphatic heterocycles. The minimum Gasteiger partial charge on any atom is -0.506 e. The number of phenolic OH excluding ortho intramolecular Hbond substituents is 1. The first kappa shape index (κ1) is 13.3. The number of para-hydroxylation sites is 1. The first-order valence-electron chi connectivity index (χ1n) is 5.99. The molecular weight excluding hydrogens is 252 g/mol. The van der Waals surface area contributed by atoms with Crippen LogP contribution in [0.2, 0.25) is 5.02 Å². The molecule has 1 aliphatic rings. The Morgan fingerprint density at radius 2 is 2.00 bits per heavy atom. The van der Waals surface area contributed by atoms with E-state index in [-0.39, 0.29) is 16.6 Å². The van der Waals surface area contributed by atoms with Crippen molar-refractivity contribution in [3.8, 4) is 5.75 Å². The Kier molecular flexibility index (Phi) is 4.22. The van der Waals surface area contributed by atoms with Gasteiger partial charge in [-0.3, -0.25) is 9.69 Å². The molecule has 1 heterocycles. The Bertz CT molecular complexity index is 443. The van der Waals surface area contributed by atoms with Gasteiger partial charge in [-0.05, 0) is 19.2 Å². The van der Waals surface area contributed by atoms with Gasteiger partial charge in [0.05, 0.1) is 17.1 Å². The molecule has 0 bridgehead atoms. The number of aromatic hydroxyl groups is 1. The molecule has 2 rings (SSSR count). The third-order valence-electron chi connectivity index (χ3n) is 3.25. The highest BCUT2D eigenvalue weighted by Crippen LogP contribution is 2.27. The molecule has 0 atom stereocenters. The number of Topliss-reactive ketones (excluding diaryl/α,β-unsaturated/α-hetero) is 1. The maximum Gasteiger partial charge on any atom is 0.180 e. The SMILES string of the molecule is CN1CCN(CC(=O)c2cccc(Cl)c2O)CC1. The molecule has 4 nitrogen and oxygen atoms in total.